The molecule has 0 aliphatic carbocycles. The van der Waals surface area contributed by atoms with Gasteiger partial charge >= 0.3 is 0 Å². The molecule has 4 heteroatoms. The Morgan fingerprint density at radius 2 is 2.18 bits per heavy atom. The minimum atomic E-state index is 0.599. The van der Waals surface area contributed by atoms with Gasteiger partial charge in [-0.2, -0.15) is 5.10 Å². The lowest BCUT2D eigenvalue weighted by atomic mass is 10.1. The Bertz CT molecular complexity index is 531. The maximum Gasteiger partial charge on any atom is 0.128 e. The van der Waals surface area contributed by atoms with Gasteiger partial charge in [0.05, 0.1) is 12.8 Å². The molecule has 0 radical (unpaired) electrons. The van der Waals surface area contributed by atoms with Gasteiger partial charge in [-0.15, -0.1) is 0 Å². The average molecular weight is 229 g/mol. The van der Waals surface area contributed by atoms with Gasteiger partial charge in [0.1, 0.15) is 5.75 Å². The molecule has 1 heterocycles. The smallest absolute Gasteiger partial charge is 0.128 e. The van der Waals surface area contributed by atoms with Gasteiger partial charge in [-0.25, -0.2) is 0 Å². The number of nitrogens with zero attached hydrogens (tertiary/aromatic N) is 1. The Morgan fingerprint density at radius 3 is 2.88 bits per heavy atom. The Balaban J connectivity index is 2.33. The van der Waals surface area contributed by atoms with Crippen LogP contribution in [0.4, 0.5) is 0 Å². The molecule has 4 nitrogen and oxygen atoms in total. The summed E-state index contributed by atoms with van der Waals surface area (Å²) in [7, 11) is 1.65. The number of H-pyrrole nitrogens is 1. The molecule has 2 N–H and O–H groups in total. The van der Waals surface area contributed by atoms with Crippen LogP contribution >= 0.6 is 0 Å². The first-order valence-electron chi connectivity index (χ1n) is 5.42. The van der Waals surface area contributed by atoms with Gasteiger partial charge in [-0.1, -0.05) is 12.1 Å². The number of ether oxygens (including phenoxy) is 1. The Morgan fingerprint density at radius 1 is 1.41 bits per heavy atom. The average Bonchev–Trinajstić information content (AvgIpc) is 2.76. The van der Waals surface area contributed by atoms with E-state index in [0.717, 1.165) is 22.7 Å². The van der Waals surface area contributed by atoms with Crippen molar-refractivity contribution in [3.05, 3.63) is 36.0 Å². The summed E-state index contributed by atoms with van der Waals surface area (Å²) in [5, 5.41) is 14.6. The van der Waals surface area contributed by atoms with Gasteiger partial charge < -0.3 is 10.1 Å². The second-order valence-electron chi connectivity index (χ2n) is 3.94. The summed E-state index contributed by atoms with van der Waals surface area (Å²) in [6.45, 7) is 1.78. The molecule has 2 rings (SSSR count). The standard InChI is InChI=1S/C13H15N3O/c1-9(14)7-10-8-12(16-15-10)11-5-3-4-6-13(11)17-2/h3-6,8,14H,7H2,1-2H3,(H,15,16). The van der Waals surface area contributed by atoms with E-state index >= 15 is 0 Å². The van der Waals surface area contributed by atoms with E-state index in [1.807, 2.05) is 30.3 Å². The molecule has 0 atom stereocenters. The maximum atomic E-state index is 7.45. The van der Waals surface area contributed by atoms with Crippen LogP contribution in [-0.4, -0.2) is 23.0 Å². The van der Waals surface area contributed by atoms with E-state index in [0.29, 0.717) is 12.1 Å². The van der Waals surface area contributed by atoms with Crippen molar-refractivity contribution in [2.24, 2.45) is 0 Å². The monoisotopic (exact) mass is 229 g/mol. The molecular weight excluding hydrogens is 214 g/mol. The van der Waals surface area contributed by atoms with Crippen molar-refractivity contribution < 1.29 is 4.74 Å². The third-order valence-electron chi connectivity index (χ3n) is 2.47. The second-order valence-corrected chi connectivity index (χ2v) is 3.94. The van der Waals surface area contributed by atoms with Gasteiger partial charge in [0.25, 0.3) is 0 Å². The Hall–Kier alpha value is -2.10. The van der Waals surface area contributed by atoms with Crippen LogP contribution in [0.25, 0.3) is 11.3 Å². The van der Waals surface area contributed by atoms with Gasteiger partial charge in [-0.05, 0) is 25.1 Å². The second kappa shape index (κ2) is 4.82. The normalized spacial score (nSPS) is 10.2. The van der Waals surface area contributed by atoms with Crippen molar-refractivity contribution in [2.45, 2.75) is 13.3 Å². The van der Waals surface area contributed by atoms with Gasteiger partial charge in [0.2, 0.25) is 0 Å². The highest BCUT2D eigenvalue weighted by Gasteiger charge is 2.08. The molecule has 0 unspecified atom stereocenters. The number of para-hydroxylation sites is 1. The maximum absolute atomic E-state index is 7.45. The van der Waals surface area contributed by atoms with Crippen molar-refractivity contribution >= 4 is 5.71 Å². The van der Waals surface area contributed by atoms with Crippen LogP contribution in [-0.2, 0) is 6.42 Å². The quantitative estimate of drug-likeness (QED) is 0.792. The molecule has 1 aromatic carbocycles. The number of hydrogen-bond donors (Lipinski definition) is 2. The van der Waals surface area contributed by atoms with Crippen molar-refractivity contribution in [1.29, 1.82) is 5.41 Å². The van der Waals surface area contributed by atoms with Crippen LogP contribution in [0, 0.1) is 5.41 Å². The zero-order chi connectivity index (χ0) is 12.3. The highest BCUT2D eigenvalue weighted by Crippen LogP contribution is 2.28. The Labute approximate surface area is 100 Å². The molecule has 0 aliphatic rings. The zero-order valence-corrected chi connectivity index (χ0v) is 9.95. The number of aromatic amines is 1. The predicted octanol–water partition coefficient (Wildman–Crippen LogP) is 2.67. The van der Waals surface area contributed by atoms with Crippen molar-refractivity contribution in [1.82, 2.24) is 10.2 Å². The van der Waals surface area contributed by atoms with E-state index in [1.165, 1.54) is 0 Å². The largest absolute Gasteiger partial charge is 0.496 e. The molecule has 0 saturated carbocycles. The van der Waals surface area contributed by atoms with Crippen molar-refractivity contribution in [3.63, 3.8) is 0 Å². The van der Waals surface area contributed by atoms with Crippen LogP contribution in [0.3, 0.4) is 0 Å². The van der Waals surface area contributed by atoms with Crippen LogP contribution in [0.2, 0.25) is 0 Å². The first kappa shape index (κ1) is 11.4. The summed E-state index contributed by atoms with van der Waals surface area (Å²) in [6, 6.07) is 9.71. The summed E-state index contributed by atoms with van der Waals surface area (Å²) in [4.78, 5) is 0. The third-order valence-corrected chi connectivity index (χ3v) is 2.47. The van der Waals surface area contributed by atoms with E-state index in [1.54, 1.807) is 14.0 Å². The molecular formula is C13H15N3O. The lowest BCUT2D eigenvalue weighted by Crippen LogP contribution is -1.94. The predicted molar refractivity (Wildman–Crippen MR) is 67.7 cm³/mol. The molecule has 0 amide bonds. The van der Waals surface area contributed by atoms with Crippen LogP contribution < -0.4 is 4.74 Å². The molecule has 0 spiro atoms. The minimum absolute atomic E-state index is 0.599. The molecule has 0 bridgehead atoms. The molecule has 0 saturated heterocycles. The van der Waals surface area contributed by atoms with E-state index in [2.05, 4.69) is 10.2 Å². The van der Waals surface area contributed by atoms with Gasteiger partial charge in [-0.3, -0.25) is 5.10 Å². The van der Waals surface area contributed by atoms with E-state index in [9.17, 15) is 0 Å². The fraction of sp³-hybridized carbons (Fsp3) is 0.231. The lowest BCUT2D eigenvalue weighted by molar-refractivity contribution is 0.416. The van der Waals surface area contributed by atoms with E-state index in [4.69, 9.17) is 10.1 Å². The molecule has 1 aromatic heterocycles. The van der Waals surface area contributed by atoms with Crippen LogP contribution in [0.5, 0.6) is 5.75 Å². The van der Waals surface area contributed by atoms with Crippen molar-refractivity contribution in [3.8, 4) is 17.0 Å². The Kier molecular flexibility index (Phi) is 3.23. The molecule has 88 valence electrons. The van der Waals surface area contributed by atoms with Crippen LogP contribution in [0.1, 0.15) is 12.6 Å². The highest BCUT2D eigenvalue weighted by atomic mass is 16.5. The summed E-state index contributed by atoms with van der Waals surface area (Å²) in [5.74, 6) is 0.803. The lowest BCUT2D eigenvalue weighted by Gasteiger charge is -2.04. The number of benzene rings is 1. The molecule has 17 heavy (non-hydrogen) atoms. The number of nitrogens with one attached hydrogen (secondary N) is 2. The third kappa shape index (κ3) is 2.53. The fourth-order valence-corrected chi connectivity index (χ4v) is 1.73. The fourth-order valence-electron chi connectivity index (χ4n) is 1.73. The summed E-state index contributed by atoms with van der Waals surface area (Å²) in [6.07, 6.45) is 0.599. The summed E-state index contributed by atoms with van der Waals surface area (Å²) < 4.78 is 5.29. The van der Waals surface area contributed by atoms with E-state index in [-0.39, 0.29) is 0 Å². The van der Waals surface area contributed by atoms with Gasteiger partial charge in [0.15, 0.2) is 0 Å². The SMILES string of the molecule is COc1ccccc1-c1cc(CC(C)=N)[nH]n1. The number of aromatic nitrogens is 2. The first-order valence-corrected chi connectivity index (χ1v) is 5.42. The number of methoxy groups -OCH3 is 1. The van der Waals surface area contributed by atoms with Crippen molar-refractivity contribution in [2.75, 3.05) is 7.11 Å². The molecule has 0 aliphatic heterocycles. The number of hydrogen-bond acceptors (Lipinski definition) is 3. The molecule has 2 aromatic rings. The first-order chi connectivity index (χ1) is 8.20. The number of rotatable bonds is 4. The van der Waals surface area contributed by atoms with Gasteiger partial charge in [0, 0.05) is 23.4 Å². The topological polar surface area (TPSA) is 61.8 Å². The summed E-state index contributed by atoms with van der Waals surface area (Å²) in [5.41, 5.74) is 3.36. The molecule has 0 fully saturated rings. The van der Waals surface area contributed by atoms with E-state index < -0.39 is 0 Å². The van der Waals surface area contributed by atoms with Crippen LogP contribution in [0.15, 0.2) is 30.3 Å². The zero-order valence-electron chi connectivity index (χ0n) is 9.95. The summed E-state index contributed by atoms with van der Waals surface area (Å²) >= 11 is 0. The highest BCUT2D eigenvalue weighted by molar-refractivity contribution is 5.81. The minimum Gasteiger partial charge on any atom is -0.496 e.